The molecule has 0 atom stereocenters. The molecule has 0 unspecified atom stereocenters. The number of nitrogens with one attached hydrogen (secondary N) is 1. The average Bonchev–Trinajstić information content (AvgIpc) is 2.80. The van der Waals surface area contributed by atoms with Crippen molar-refractivity contribution in [3.05, 3.63) is 47.6 Å². The molecule has 1 heterocycles. The monoisotopic (exact) mass is 231 g/mol. The summed E-state index contributed by atoms with van der Waals surface area (Å²) in [6.45, 7) is 4.01. The van der Waals surface area contributed by atoms with Crippen molar-refractivity contribution >= 4 is 0 Å². The van der Waals surface area contributed by atoms with Crippen LogP contribution < -0.4 is 5.32 Å². The molecule has 2 aromatic rings. The van der Waals surface area contributed by atoms with Crippen molar-refractivity contribution in [2.45, 2.75) is 25.8 Å². The molecule has 0 amide bonds. The minimum Gasteiger partial charge on any atom is -0.337 e. The van der Waals surface area contributed by atoms with Gasteiger partial charge in [-0.2, -0.15) is 4.98 Å². The van der Waals surface area contributed by atoms with Gasteiger partial charge in [0, 0.05) is 6.42 Å². The topological polar surface area (TPSA) is 51.0 Å². The summed E-state index contributed by atoms with van der Waals surface area (Å²) in [5, 5.41) is 7.14. The first kappa shape index (κ1) is 11.8. The summed E-state index contributed by atoms with van der Waals surface area (Å²) >= 11 is 0. The van der Waals surface area contributed by atoms with Gasteiger partial charge in [-0.05, 0) is 26.5 Å². The van der Waals surface area contributed by atoms with Gasteiger partial charge < -0.3 is 9.84 Å². The quantitative estimate of drug-likeness (QED) is 0.875. The minimum absolute atomic E-state index is 0.290. The Morgan fingerprint density at radius 1 is 1.24 bits per heavy atom. The number of hydrogen-bond acceptors (Lipinski definition) is 4. The second-order valence-electron chi connectivity index (χ2n) is 4.55. The van der Waals surface area contributed by atoms with Gasteiger partial charge in [0.15, 0.2) is 5.82 Å². The summed E-state index contributed by atoms with van der Waals surface area (Å²) in [7, 11) is 1.88. The highest BCUT2D eigenvalue weighted by molar-refractivity contribution is 5.18. The van der Waals surface area contributed by atoms with Crippen molar-refractivity contribution in [2.24, 2.45) is 0 Å². The van der Waals surface area contributed by atoms with Crippen LogP contribution >= 0.6 is 0 Å². The van der Waals surface area contributed by atoms with E-state index >= 15 is 0 Å². The van der Waals surface area contributed by atoms with Gasteiger partial charge in [-0.3, -0.25) is 0 Å². The van der Waals surface area contributed by atoms with E-state index in [1.807, 2.05) is 39.1 Å². The zero-order valence-electron chi connectivity index (χ0n) is 10.4. The van der Waals surface area contributed by atoms with Crippen LogP contribution in [-0.2, 0) is 12.0 Å². The molecule has 17 heavy (non-hydrogen) atoms. The Morgan fingerprint density at radius 2 is 1.94 bits per heavy atom. The zero-order chi connectivity index (χ0) is 12.3. The van der Waals surface area contributed by atoms with Gasteiger partial charge in [-0.1, -0.05) is 35.5 Å². The van der Waals surface area contributed by atoms with Crippen LogP contribution in [0.2, 0.25) is 0 Å². The van der Waals surface area contributed by atoms with E-state index in [1.54, 1.807) is 0 Å². The van der Waals surface area contributed by atoms with Gasteiger partial charge in [0.1, 0.15) is 0 Å². The van der Waals surface area contributed by atoms with Crippen molar-refractivity contribution in [3.63, 3.8) is 0 Å². The van der Waals surface area contributed by atoms with Gasteiger partial charge in [-0.15, -0.1) is 0 Å². The molecule has 2 rings (SSSR count). The van der Waals surface area contributed by atoms with Gasteiger partial charge in [0.2, 0.25) is 5.89 Å². The third-order valence-electron chi connectivity index (χ3n) is 2.83. The molecule has 0 aliphatic carbocycles. The van der Waals surface area contributed by atoms with Crippen molar-refractivity contribution in [1.29, 1.82) is 0 Å². The van der Waals surface area contributed by atoms with E-state index in [2.05, 4.69) is 27.6 Å². The van der Waals surface area contributed by atoms with E-state index in [0.29, 0.717) is 12.3 Å². The molecule has 4 nitrogen and oxygen atoms in total. The highest BCUT2D eigenvalue weighted by Gasteiger charge is 2.25. The molecule has 0 aliphatic rings. The molecule has 0 fully saturated rings. The van der Waals surface area contributed by atoms with Crippen molar-refractivity contribution in [2.75, 3.05) is 7.05 Å². The first-order chi connectivity index (χ1) is 8.12. The van der Waals surface area contributed by atoms with E-state index in [-0.39, 0.29) is 5.54 Å². The van der Waals surface area contributed by atoms with Crippen LogP contribution in [0.15, 0.2) is 34.9 Å². The second kappa shape index (κ2) is 4.67. The largest absolute Gasteiger partial charge is 0.337 e. The number of benzene rings is 1. The van der Waals surface area contributed by atoms with Gasteiger partial charge in [0.05, 0.1) is 5.54 Å². The third kappa shape index (κ3) is 2.71. The fourth-order valence-corrected chi connectivity index (χ4v) is 1.46. The SMILES string of the molecule is CNC(C)(C)c1nc(Cc2ccccc2)no1. The van der Waals surface area contributed by atoms with E-state index in [4.69, 9.17) is 4.52 Å². The average molecular weight is 231 g/mol. The first-order valence-electron chi connectivity index (χ1n) is 5.68. The third-order valence-corrected chi connectivity index (χ3v) is 2.83. The van der Waals surface area contributed by atoms with E-state index in [9.17, 15) is 0 Å². The highest BCUT2D eigenvalue weighted by Crippen LogP contribution is 2.17. The summed E-state index contributed by atoms with van der Waals surface area (Å²) in [5.74, 6) is 1.33. The Bertz CT molecular complexity index is 476. The summed E-state index contributed by atoms with van der Waals surface area (Å²) < 4.78 is 5.27. The molecule has 1 aromatic carbocycles. The maximum atomic E-state index is 5.27. The Morgan fingerprint density at radius 3 is 2.59 bits per heavy atom. The van der Waals surface area contributed by atoms with Crippen LogP contribution in [-0.4, -0.2) is 17.2 Å². The molecule has 1 N–H and O–H groups in total. The van der Waals surface area contributed by atoms with Gasteiger partial charge in [-0.25, -0.2) is 0 Å². The molecule has 0 bridgehead atoms. The summed E-state index contributed by atoms with van der Waals surface area (Å²) in [6.07, 6.45) is 0.699. The Hall–Kier alpha value is -1.68. The second-order valence-corrected chi connectivity index (χ2v) is 4.55. The molecule has 4 heteroatoms. The van der Waals surface area contributed by atoms with E-state index < -0.39 is 0 Å². The lowest BCUT2D eigenvalue weighted by atomic mass is 10.1. The first-order valence-corrected chi connectivity index (χ1v) is 5.68. The molecule has 0 spiro atoms. The highest BCUT2D eigenvalue weighted by atomic mass is 16.5. The minimum atomic E-state index is -0.290. The molecule has 0 aliphatic heterocycles. The van der Waals surface area contributed by atoms with Crippen LogP contribution in [0.5, 0.6) is 0 Å². The standard InChI is InChI=1S/C13H17N3O/c1-13(2,14-3)12-15-11(16-17-12)9-10-7-5-4-6-8-10/h4-8,14H,9H2,1-3H3. The molecule has 0 radical (unpaired) electrons. The Labute approximate surface area is 101 Å². The summed E-state index contributed by atoms with van der Waals surface area (Å²) in [5.41, 5.74) is 0.893. The maximum Gasteiger partial charge on any atom is 0.246 e. The fraction of sp³-hybridized carbons (Fsp3) is 0.385. The molecule has 1 aromatic heterocycles. The van der Waals surface area contributed by atoms with Crippen LogP contribution in [0.1, 0.15) is 31.1 Å². The van der Waals surface area contributed by atoms with Crippen LogP contribution in [0.25, 0.3) is 0 Å². The normalized spacial score (nSPS) is 11.7. The molecule has 0 saturated carbocycles. The van der Waals surface area contributed by atoms with Gasteiger partial charge in [0.25, 0.3) is 0 Å². The molecule has 90 valence electrons. The van der Waals surface area contributed by atoms with Crippen LogP contribution in [0, 0.1) is 0 Å². The lowest BCUT2D eigenvalue weighted by Crippen LogP contribution is -2.33. The smallest absolute Gasteiger partial charge is 0.246 e. The predicted octanol–water partition coefficient (Wildman–Crippen LogP) is 2.11. The van der Waals surface area contributed by atoms with Crippen molar-refractivity contribution in [1.82, 2.24) is 15.5 Å². The van der Waals surface area contributed by atoms with Crippen LogP contribution in [0.4, 0.5) is 0 Å². The lowest BCUT2D eigenvalue weighted by molar-refractivity contribution is 0.279. The number of rotatable bonds is 4. The van der Waals surface area contributed by atoms with E-state index in [0.717, 1.165) is 5.82 Å². The van der Waals surface area contributed by atoms with E-state index in [1.165, 1.54) is 5.56 Å². The van der Waals surface area contributed by atoms with Crippen LogP contribution in [0.3, 0.4) is 0 Å². The zero-order valence-corrected chi connectivity index (χ0v) is 10.4. The Kier molecular flexibility index (Phi) is 3.24. The lowest BCUT2D eigenvalue weighted by Gasteiger charge is -2.17. The molecular formula is C13H17N3O. The fourth-order valence-electron chi connectivity index (χ4n) is 1.46. The molecular weight excluding hydrogens is 214 g/mol. The van der Waals surface area contributed by atoms with Crippen molar-refractivity contribution in [3.8, 4) is 0 Å². The number of hydrogen-bond donors (Lipinski definition) is 1. The number of aromatic nitrogens is 2. The summed E-state index contributed by atoms with van der Waals surface area (Å²) in [6, 6.07) is 10.1. The summed E-state index contributed by atoms with van der Waals surface area (Å²) in [4.78, 5) is 4.41. The Balaban J connectivity index is 2.14. The van der Waals surface area contributed by atoms with Gasteiger partial charge >= 0.3 is 0 Å². The maximum absolute atomic E-state index is 5.27. The predicted molar refractivity (Wildman–Crippen MR) is 65.6 cm³/mol. The number of nitrogens with zero attached hydrogens (tertiary/aromatic N) is 2. The molecule has 0 saturated heterocycles. The van der Waals surface area contributed by atoms with Crippen molar-refractivity contribution < 1.29 is 4.52 Å².